The minimum atomic E-state index is -0.237. The normalized spacial score (nSPS) is 15.8. The van der Waals surface area contributed by atoms with Crippen LogP contribution in [0.1, 0.15) is 26.2 Å². The Balaban J connectivity index is 1.95. The Kier molecular flexibility index (Phi) is 6.75. The lowest BCUT2D eigenvalue weighted by Crippen LogP contribution is -2.40. The number of ether oxygens (including phenoxy) is 1. The standard InChI is InChI=1S/C18H27N3O3/c1-14(20(2)10-6-12-24-3)18(23)19-15-7-4-8-16(13-15)21-11-5-9-17(21)22/h4,7-8,13-14H,5-6,9-12H2,1-3H3,(H,19,23). The maximum atomic E-state index is 12.4. The molecule has 1 aliphatic heterocycles. The number of likely N-dealkylation sites (N-methyl/N-ethyl adjacent to an activating group) is 1. The SMILES string of the molecule is COCCCN(C)C(C)C(=O)Nc1cccc(N2CCCC2=O)c1. The number of methoxy groups -OCH3 is 1. The third-order valence-corrected chi connectivity index (χ3v) is 4.40. The van der Waals surface area contributed by atoms with Gasteiger partial charge in [0.25, 0.3) is 0 Å². The van der Waals surface area contributed by atoms with Crippen molar-refractivity contribution in [1.82, 2.24) is 4.90 Å². The van der Waals surface area contributed by atoms with Gasteiger partial charge >= 0.3 is 0 Å². The van der Waals surface area contributed by atoms with Gasteiger partial charge in [-0.05, 0) is 45.0 Å². The highest BCUT2D eigenvalue weighted by Gasteiger charge is 2.22. The zero-order valence-corrected chi connectivity index (χ0v) is 14.7. The van der Waals surface area contributed by atoms with Crippen LogP contribution in [-0.2, 0) is 14.3 Å². The summed E-state index contributed by atoms with van der Waals surface area (Å²) in [5, 5.41) is 2.94. The molecule has 132 valence electrons. The van der Waals surface area contributed by atoms with Gasteiger partial charge in [0.2, 0.25) is 11.8 Å². The molecule has 6 nitrogen and oxygen atoms in total. The molecule has 1 N–H and O–H groups in total. The van der Waals surface area contributed by atoms with Crippen LogP contribution < -0.4 is 10.2 Å². The number of nitrogens with one attached hydrogen (secondary N) is 1. The maximum absolute atomic E-state index is 12.4. The van der Waals surface area contributed by atoms with Crippen LogP contribution in [0.2, 0.25) is 0 Å². The van der Waals surface area contributed by atoms with E-state index in [4.69, 9.17) is 4.74 Å². The van der Waals surface area contributed by atoms with E-state index in [2.05, 4.69) is 5.32 Å². The molecule has 2 amide bonds. The first-order valence-electron chi connectivity index (χ1n) is 8.43. The first kappa shape index (κ1) is 18.4. The second-order valence-electron chi connectivity index (χ2n) is 6.19. The van der Waals surface area contributed by atoms with E-state index in [-0.39, 0.29) is 17.9 Å². The summed E-state index contributed by atoms with van der Waals surface area (Å²) in [6, 6.07) is 7.24. The van der Waals surface area contributed by atoms with Gasteiger partial charge in [0, 0.05) is 44.6 Å². The molecular weight excluding hydrogens is 306 g/mol. The van der Waals surface area contributed by atoms with Crippen LogP contribution in [-0.4, -0.2) is 56.6 Å². The van der Waals surface area contributed by atoms with Crippen LogP contribution in [0.3, 0.4) is 0 Å². The van der Waals surface area contributed by atoms with Gasteiger partial charge < -0.3 is 15.0 Å². The molecule has 0 radical (unpaired) electrons. The Hall–Kier alpha value is -1.92. The summed E-state index contributed by atoms with van der Waals surface area (Å²) in [5.74, 6) is 0.0875. The molecular formula is C18H27N3O3. The highest BCUT2D eigenvalue weighted by Crippen LogP contribution is 2.24. The van der Waals surface area contributed by atoms with E-state index in [9.17, 15) is 9.59 Å². The molecule has 1 saturated heterocycles. The number of nitrogens with zero attached hydrogens (tertiary/aromatic N) is 2. The van der Waals surface area contributed by atoms with Crippen molar-refractivity contribution in [2.24, 2.45) is 0 Å². The van der Waals surface area contributed by atoms with Gasteiger partial charge in [-0.2, -0.15) is 0 Å². The number of carbonyl (C=O) groups excluding carboxylic acids is 2. The average Bonchev–Trinajstić information content (AvgIpc) is 3.00. The Morgan fingerprint density at radius 3 is 2.92 bits per heavy atom. The maximum Gasteiger partial charge on any atom is 0.241 e. The van der Waals surface area contributed by atoms with Gasteiger partial charge in [-0.3, -0.25) is 14.5 Å². The van der Waals surface area contributed by atoms with E-state index in [0.29, 0.717) is 18.7 Å². The lowest BCUT2D eigenvalue weighted by molar-refractivity contribution is -0.120. The van der Waals surface area contributed by atoms with Crippen molar-refractivity contribution in [2.45, 2.75) is 32.2 Å². The van der Waals surface area contributed by atoms with Crippen molar-refractivity contribution >= 4 is 23.2 Å². The van der Waals surface area contributed by atoms with Crippen molar-refractivity contribution in [2.75, 3.05) is 44.1 Å². The molecule has 0 aliphatic carbocycles. The number of hydrogen-bond acceptors (Lipinski definition) is 4. The van der Waals surface area contributed by atoms with Gasteiger partial charge in [0.1, 0.15) is 0 Å². The first-order valence-corrected chi connectivity index (χ1v) is 8.43. The summed E-state index contributed by atoms with van der Waals surface area (Å²) in [6.45, 7) is 4.11. The third-order valence-electron chi connectivity index (χ3n) is 4.40. The van der Waals surface area contributed by atoms with Crippen LogP contribution in [0.4, 0.5) is 11.4 Å². The zero-order valence-electron chi connectivity index (χ0n) is 14.7. The molecule has 1 heterocycles. The van der Waals surface area contributed by atoms with E-state index in [1.807, 2.05) is 43.1 Å². The van der Waals surface area contributed by atoms with Gasteiger partial charge in [0.05, 0.1) is 6.04 Å². The fourth-order valence-corrected chi connectivity index (χ4v) is 2.77. The minimum Gasteiger partial charge on any atom is -0.385 e. The lowest BCUT2D eigenvalue weighted by atomic mass is 10.2. The van der Waals surface area contributed by atoms with Crippen molar-refractivity contribution < 1.29 is 14.3 Å². The Morgan fingerprint density at radius 2 is 2.25 bits per heavy atom. The molecule has 2 rings (SSSR count). The molecule has 0 spiro atoms. The van der Waals surface area contributed by atoms with Gasteiger partial charge in [0.15, 0.2) is 0 Å². The summed E-state index contributed by atoms with van der Waals surface area (Å²) in [6.07, 6.45) is 2.37. The molecule has 1 aromatic rings. The monoisotopic (exact) mass is 333 g/mol. The molecule has 0 aromatic heterocycles. The molecule has 1 aromatic carbocycles. The topological polar surface area (TPSA) is 61.9 Å². The quantitative estimate of drug-likeness (QED) is 0.740. The number of amides is 2. The predicted molar refractivity (Wildman–Crippen MR) is 95.2 cm³/mol. The fraction of sp³-hybridized carbons (Fsp3) is 0.556. The summed E-state index contributed by atoms with van der Waals surface area (Å²) in [7, 11) is 3.60. The Morgan fingerprint density at radius 1 is 1.46 bits per heavy atom. The second kappa shape index (κ2) is 8.80. The molecule has 0 saturated carbocycles. The number of anilines is 2. The molecule has 1 aliphatic rings. The van der Waals surface area contributed by atoms with E-state index in [1.165, 1.54) is 0 Å². The Bertz CT molecular complexity index is 576. The summed E-state index contributed by atoms with van der Waals surface area (Å²) in [4.78, 5) is 28.0. The van der Waals surface area contributed by atoms with E-state index in [1.54, 1.807) is 12.0 Å². The number of benzene rings is 1. The molecule has 24 heavy (non-hydrogen) atoms. The summed E-state index contributed by atoms with van der Waals surface area (Å²) in [5.41, 5.74) is 1.56. The average molecular weight is 333 g/mol. The highest BCUT2D eigenvalue weighted by molar-refractivity contribution is 5.98. The fourth-order valence-electron chi connectivity index (χ4n) is 2.77. The molecule has 6 heteroatoms. The smallest absolute Gasteiger partial charge is 0.241 e. The molecule has 1 unspecified atom stereocenters. The van der Waals surface area contributed by atoms with Crippen molar-refractivity contribution in [3.8, 4) is 0 Å². The van der Waals surface area contributed by atoms with Gasteiger partial charge in [-0.25, -0.2) is 0 Å². The van der Waals surface area contributed by atoms with Crippen LogP contribution in [0.25, 0.3) is 0 Å². The molecule has 1 fully saturated rings. The largest absolute Gasteiger partial charge is 0.385 e. The summed E-state index contributed by atoms with van der Waals surface area (Å²) < 4.78 is 5.04. The predicted octanol–water partition coefficient (Wildman–Crippen LogP) is 2.11. The highest BCUT2D eigenvalue weighted by atomic mass is 16.5. The van der Waals surface area contributed by atoms with Crippen molar-refractivity contribution in [3.05, 3.63) is 24.3 Å². The van der Waals surface area contributed by atoms with Crippen molar-refractivity contribution in [1.29, 1.82) is 0 Å². The second-order valence-corrected chi connectivity index (χ2v) is 6.19. The van der Waals surface area contributed by atoms with Crippen LogP contribution in [0.5, 0.6) is 0 Å². The first-order chi connectivity index (χ1) is 11.5. The summed E-state index contributed by atoms with van der Waals surface area (Å²) >= 11 is 0. The number of rotatable bonds is 8. The van der Waals surface area contributed by atoms with Crippen LogP contribution >= 0.6 is 0 Å². The Labute approximate surface area is 143 Å². The molecule has 1 atom stereocenters. The van der Waals surface area contributed by atoms with Crippen LogP contribution in [0.15, 0.2) is 24.3 Å². The minimum absolute atomic E-state index is 0.0557. The van der Waals surface area contributed by atoms with E-state index >= 15 is 0 Å². The number of hydrogen-bond donors (Lipinski definition) is 1. The zero-order chi connectivity index (χ0) is 17.5. The van der Waals surface area contributed by atoms with Crippen LogP contribution in [0, 0.1) is 0 Å². The van der Waals surface area contributed by atoms with E-state index < -0.39 is 0 Å². The molecule has 0 bridgehead atoms. The van der Waals surface area contributed by atoms with Gasteiger partial charge in [-0.1, -0.05) is 6.07 Å². The van der Waals surface area contributed by atoms with Crippen molar-refractivity contribution in [3.63, 3.8) is 0 Å². The lowest BCUT2D eigenvalue weighted by Gasteiger charge is -2.24. The number of carbonyl (C=O) groups is 2. The van der Waals surface area contributed by atoms with E-state index in [0.717, 1.165) is 31.6 Å². The van der Waals surface area contributed by atoms with Gasteiger partial charge in [-0.15, -0.1) is 0 Å². The third kappa shape index (κ3) is 4.79.